The molecule has 4 rings (SSSR count). The average molecular weight is 315 g/mol. The highest BCUT2D eigenvalue weighted by Gasteiger charge is 2.36. The lowest BCUT2D eigenvalue weighted by Gasteiger charge is -2.39. The van der Waals surface area contributed by atoms with Gasteiger partial charge in [0.25, 0.3) is 0 Å². The van der Waals surface area contributed by atoms with E-state index in [4.69, 9.17) is 23.2 Å². The van der Waals surface area contributed by atoms with Crippen molar-refractivity contribution < 1.29 is 0 Å². The van der Waals surface area contributed by atoms with Crippen molar-refractivity contribution in [1.82, 2.24) is 0 Å². The summed E-state index contributed by atoms with van der Waals surface area (Å²) in [5.74, 6) is 0. The summed E-state index contributed by atoms with van der Waals surface area (Å²) >= 11 is 12.7. The molecule has 0 aromatic heterocycles. The first-order valence-electron chi connectivity index (χ1n) is 7.40. The van der Waals surface area contributed by atoms with Gasteiger partial charge >= 0.3 is 0 Å². The molecule has 0 radical (unpaired) electrons. The number of allylic oxidation sites excluding steroid dienone is 3. The van der Waals surface area contributed by atoms with E-state index >= 15 is 0 Å². The van der Waals surface area contributed by atoms with Gasteiger partial charge in [0.05, 0.1) is 0 Å². The Bertz CT molecular complexity index is 814. The van der Waals surface area contributed by atoms with E-state index in [-0.39, 0.29) is 5.41 Å². The SMILES string of the molecule is CC12CCCC=C1C=Cc1c2cc(Cl)c2cc(Cl)ccc12. The third-order valence-electron chi connectivity index (χ3n) is 5.00. The lowest BCUT2D eigenvalue weighted by Crippen LogP contribution is -2.29. The molecule has 0 aliphatic heterocycles. The minimum atomic E-state index is 0.0970. The van der Waals surface area contributed by atoms with Crippen LogP contribution in [0.3, 0.4) is 0 Å². The number of hydrogen-bond acceptors (Lipinski definition) is 0. The van der Waals surface area contributed by atoms with Crippen LogP contribution in [0.5, 0.6) is 0 Å². The molecule has 0 fully saturated rings. The lowest BCUT2D eigenvalue weighted by atomic mass is 9.65. The molecule has 0 bridgehead atoms. The summed E-state index contributed by atoms with van der Waals surface area (Å²) < 4.78 is 0. The minimum Gasteiger partial charge on any atom is -0.0843 e. The van der Waals surface area contributed by atoms with Crippen LogP contribution in [-0.4, -0.2) is 0 Å². The molecular formula is C19H16Cl2. The van der Waals surface area contributed by atoms with Crippen molar-refractivity contribution in [2.75, 3.05) is 0 Å². The molecule has 2 aliphatic rings. The monoisotopic (exact) mass is 314 g/mol. The second-order valence-corrected chi connectivity index (χ2v) is 7.07. The van der Waals surface area contributed by atoms with Gasteiger partial charge in [-0.2, -0.15) is 0 Å². The van der Waals surface area contributed by atoms with Crippen LogP contribution in [0.4, 0.5) is 0 Å². The van der Waals surface area contributed by atoms with Gasteiger partial charge in [0, 0.05) is 20.8 Å². The Balaban J connectivity index is 2.09. The van der Waals surface area contributed by atoms with Gasteiger partial charge in [-0.3, -0.25) is 0 Å². The zero-order chi connectivity index (χ0) is 14.6. The molecule has 2 aromatic carbocycles. The van der Waals surface area contributed by atoms with Crippen molar-refractivity contribution >= 4 is 40.1 Å². The minimum absolute atomic E-state index is 0.0970. The summed E-state index contributed by atoms with van der Waals surface area (Å²) in [5, 5.41) is 3.77. The summed E-state index contributed by atoms with van der Waals surface area (Å²) in [6, 6.07) is 8.15. The second-order valence-electron chi connectivity index (χ2n) is 6.23. The standard InChI is InChI=1S/C19H16Cl2/c1-19-9-3-2-4-12(19)5-7-15-14-8-6-13(20)10-16(14)18(21)11-17(15)19/h4-8,10-11H,2-3,9H2,1H3. The van der Waals surface area contributed by atoms with E-state index in [1.54, 1.807) is 0 Å². The third kappa shape index (κ3) is 1.89. The Morgan fingerprint density at radius 1 is 1.05 bits per heavy atom. The van der Waals surface area contributed by atoms with Gasteiger partial charge < -0.3 is 0 Å². The van der Waals surface area contributed by atoms with Crippen molar-refractivity contribution in [3.8, 4) is 0 Å². The molecule has 0 heterocycles. The van der Waals surface area contributed by atoms with E-state index in [0.29, 0.717) is 0 Å². The van der Waals surface area contributed by atoms with Crippen LogP contribution in [0.2, 0.25) is 10.0 Å². The Hall–Kier alpha value is -1.24. The topological polar surface area (TPSA) is 0 Å². The largest absolute Gasteiger partial charge is 0.0843 e. The zero-order valence-corrected chi connectivity index (χ0v) is 13.4. The third-order valence-corrected chi connectivity index (χ3v) is 5.54. The maximum absolute atomic E-state index is 6.56. The summed E-state index contributed by atoms with van der Waals surface area (Å²) in [7, 11) is 0. The van der Waals surface area contributed by atoms with E-state index in [1.165, 1.54) is 41.3 Å². The predicted octanol–water partition coefficient (Wildman–Crippen LogP) is 6.54. The number of fused-ring (bicyclic) bond motifs is 5. The molecule has 2 aliphatic carbocycles. The first-order chi connectivity index (χ1) is 10.1. The van der Waals surface area contributed by atoms with Crippen molar-refractivity contribution in [3.63, 3.8) is 0 Å². The van der Waals surface area contributed by atoms with Gasteiger partial charge in [0.1, 0.15) is 0 Å². The van der Waals surface area contributed by atoms with Gasteiger partial charge in [0.15, 0.2) is 0 Å². The van der Waals surface area contributed by atoms with E-state index < -0.39 is 0 Å². The molecule has 106 valence electrons. The average Bonchev–Trinajstić information content (AvgIpc) is 2.47. The molecule has 0 saturated carbocycles. The van der Waals surface area contributed by atoms with E-state index in [9.17, 15) is 0 Å². The zero-order valence-electron chi connectivity index (χ0n) is 11.9. The molecule has 1 atom stereocenters. The highest BCUT2D eigenvalue weighted by Crippen LogP contribution is 2.48. The first-order valence-corrected chi connectivity index (χ1v) is 8.16. The van der Waals surface area contributed by atoms with E-state index in [1.807, 2.05) is 12.1 Å². The molecular weight excluding hydrogens is 299 g/mol. The molecule has 0 amide bonds. The molecule has 1 unspecified atom stereocenters. The van der Waals surface area contributed by atoms with Crippen LogP contribution in [-0.2, 0) is 5.41 Å². The fourth-order valence-corrected chi connectivity index (χ4v) is 4.25. The fourth-order valence-electron chi connectivity index (χ4n) is 3.81. The Morgan fingerprint density at radius 3 is 2.76 bits per heavy atom. The molecule has 0 spiro atoms. The summed E-state index contributed by atoms with van der Waals surface area (Å²) in [5.41, 5.74) is 4.19. The molecule has 0 saturated heterocycles. The van der Waals surface area contributed by atoms with Gasteiger partial charge in [-0.1, -0.05) is 54.4 Å². The molecule has 21 heavy (non-hydrogen) atoms. The van der Waals surface area contributed by atoms with Crippen LogP contribution >= 0.6 is 23.2 Å². The van der Waals surface area contributed by atoms with Crippen LogP contribution in [0.25, 0.3) is 16.8 Å². The smallest absolute Gasteiger partial charge is 0.0488 e. The summed E-state index contributed by atoms with van der Waals surface area (Å²) in [4.78, 5) is 0. The van der Waals surface area contributed by atoms with E-state index in [2.05, 4.69) is 37.3 Å². The molecule has 2 heteroatoms. The number of rotatable bonds is 0. The maximum Gasteiger partial charge on any atom is 0.0488 e. The van der Waals surface area contributed by atoms with Gasteiger partial charge in [-0.25, -0.2) is 0 Å². The Kier molecular flexibility index (Phi) is 2.96. The normalized spacial score (nSPS) is 23.7. The highest BCUT2D eigenvalue weighted by atomic mass is 35.5. The number of hydrogen-bond donors (Lipinski definition) is 0. The maximum atomic E-state index is 6.56. The summed E-state index contributed by atoms with van der Waals surface area (Å²) in [6.45, 7) is 2.35. The first kappa shape index (κ1) is 13.4. The summed E-state index contributed by atoms with van der Waals surface area (Å²) in [6.07, 6.45) is 10.5. The van der Waals surface area contributed by atoms with Crippen LogP contribution < -0.4 is 0 Å². The molecule has 2 aromatic rings. The number of benzene rings is 2. The van der Waals surface area contributed by atoms with Crippen molar-refractivity contribution in [1.29, 1.82) is 0 Å². The quantitative estimate of drug-likeness (QED) is 0.517. The van der Waals surface area contributed by atoms with E-state index in [0.717, 1.165) is 15.4 Å². The lowest BCUT2D eigenvalue weighted by molar-refractivity contribution is 0.473. The Morgan fingerprint density at radius 2 is 1.90 bits per heavy atom. The second kappa shape index (κ2) is 4.63. The fraction of sp³-hybridized carbons (Fsp3) is 0.263. The van der Waals surface area contributed by atoms with Crippen LogP contribution in [0.15, 0.2) is 42.0 Å². The van der Waals surface area contributed by atoms with Crippen molar-refractivity contribution in [2.24, 2.45) is 0 Å². The number of halogens is 2. The van der Waals surface area contributed by atoms with Gasteiger partial charge in [-0.05, 0) is 59.5 Å². The highest BCUT2D eigenvalue weighted by molar-refractivity contribution is 6.37. The Labute approximate surface area is 135 Å². The van der Waals surface area contributed by atoms with Crippen molar-refractivity contribution in [2.45, 2.75) is 31.6 Å². The van der Waals surface area contributed by atoms with Crippen LogP contribution in [0, 0.1) is 0 Å². The molecule has 0 N–H and O–H groups in total. The van der Waals surface area contributed by atoms with Crippen LogP contribution in [0.1, 0.15) is 37.3 Å². The molecule has 0 nitrogen and oxygen atoms in total. The van der Waals surface area contributed by atoms with Gasteiger partial charge in [-0.15, -0.1) is 0 Å². The van der Waals surface area contributed by atoms with Crippen molar-refractivity contribution in [3.05, 3.63) is 63.2 Å². The predicted molar refractivity (Wildman–Crippen MR) is 92.3 cm³/mol. The van der Waals surface area contributed by atoms with Gasteiger partial charge in [0.2, 0.25) is 0 Å².